The van der Waals surface area contributed by atoms with E-state index < -0.39 is 5.41 Å². The monoisotopic (exact) mass is 394 g/mol. The van der Waals surface area contributed by atoms with Gasteiger partial charge in [-0.05, 0) is 43.3 Å². The normalized spacial score (nSPS) is 11.4. The van der Waals surface area contributed by atoms with E-state index >= 15 is 0 Å². The molecule has 0 aliphatic carbocycles. The van der Waals surface area contributed by atoms with Crippen LogP contribution in [-0.4, -0.2) is 20.9 Å². The van der Waals surface area contributed by atoms with E-state index in [9.17, 15) is 14.4 Å². The van der Waals surface area contributed by atoms with E-state index in [0.717, 1.165) is 11.0 Å². The number of para-hydroxylation sites is 2. The fourth-order valence-corrected chi connectivity index (χ4v) is 3.03. The maximum Gasteiger partial charge on any atom is 0.329 e. The molecule has 7 nitrogen and oxygen atoms in total. The van der Waals surface area contributed by atoms with E-state index in [1.807, 2.05) is 52.0 Å². The van der Waals surface area contributed by atoms with Crippen LogP contribution in [0.25, 0.3) is 11.0 Å². The number of hydrogen-bond donors (Lipinski definition) is 2. The highest BCUT2D eigenvalue weighted by atomic mass is 16.2. The SMILES string of the molecule is CCn1c(=O)n(CC(=O)Nc2ccc(NC(=O)C(C)(C)C)cc2)c2ccccc21. The van der Waals surface area contributed by atoms with Crippen molar-refractivity contribution in [3.05, 3.63) is 59.0 Å². The Morgan fingerprint density at radius 1 is 0.862 bits per heavy atom. The van der Waals surface area contributed by atoms with Crippen LogP contribution in [0.1, 0.15) is 27.7 Å². The Balaban J connectivity index is 1.72. The summed E-state index contributed by atoms with van der Waals surface area (Å²) >= 11 is 0. The number of nitrogens with one attached hydrogen (secondary N) is 2. The van der Waals surface area contributed by atoms with Crippen molar-refractivity contribution in [1.82, 2.24) is 9.13 Å². The number of carbonyl (C=O) groups excluding carboxylic acids is 2. The van der Waals surface area contributed by atoms with Gasteiger partial charge in [0.2, 0.25) is 11.8 Å². The molecule has 0 aliphatic heterocycles. The number of imidazole rings is 1. The van der Waals surface area contributed by atoms with E-state index in [0.29, 0.717) is 17.9 Å². The average molecular weight is 394 g/mol. The van der Waals surface area contributed by atoms with Crippen molar-refractivity contribution < 1.29 is 9.59 Å². The molecule has 1 aromatic heterocycles. The third-order valence-corrected chi connectivity index (χ3v) is 4.65. The molecule has 152 valence electrons. The van der Waals surface area contributed by atoms with Crippen LogP contribution in [0.15, 0.2) is 53.3 Å². The number of nitrogens with zero attached hydrogens (tertiary/aromatic N) is 2. The molecule has 0 aliphatic rings. The molecule has 3 rings (SSSR count). The number of anilines is 2. The summed E-state index contributed by atoms with van der Waals surface area (Å²) in [5.41, 5.74) is 2.10. The van der Waals surface area contributed by atoms with Gasteiger partial charge in [-0.2, -0.15) is 0 Å². The lowest BCUT2D eigenvalue weighted by atomic mass is 9.95. The van der Waals surface area contributed by atoms with Gasteiger partial charge in [0.15, 0.2) is 0 Å². The Morgan fingerprint density at radius 2 is 1.38 bits per heavy atom. The van der Waals surface area contributed by atoms with E-state index in [4.69, 9.17) is 0 Å². The first kappa shape index (κ1) is 20.4. The molecular formula is C22H26N4O3. The van der Waals surface area contributed by atoms with Crippen LogP contribution in [0.2, 0.25) is 0 Å². The third-order valence-electron chi connectivity index (χ3n) is 4.65. The van der Waals surface area contributed by atoms with Crippen LogP contribution in [0.5, 0.6) is 0 Å². The molecule has 0 radical (unpaired) electrons. The largest absolute Gasteiger partial charge is 0.329 e. The number of aryl methyl sites for hydroxylation is 1. The molecule has 0 saturated heterocycles. The van der Waals surface area contributed by atoms with Gasteiger partial charge in [-0.1, -0.05) is 32.9 Å². The van der Waals surface area contributed by atoms with E-state index in [1.165, 1.54) is 4.57 Å². The Kier molecular flexibility index (Phi) is 5.59. The molecule has 2 N–H and O–H groups in total. The minimum Gasteiger partial charge on any atom is -0.326 e. The first-order chi connectivity index (χ1) is 13.7. The van der Waals surface area contributed by atoms with Crippen molar-refractivity contribution in [3.8, 4) is 0 Å². The molecule has 3 aromatic rings. The molecule has 0 unspecified atom stereocenters. The summed E-state index contributed by atoms with van der Waals surface area (Å²) in [6.07, 6.45) is 0. The molecule has 0 bridgehead atoms. The molecule has 29 heavy (non-hydrogen) atoms. The van der Waals surface area contributed by atoms with E-state index in [2.05, 4.69) is 10.6 Å². The Labute approximate surface area is 169 Å². The number of benzene rings is 2. The smallest absolute Gasteiger partial charge is 0.326 e. The minimum absolute atomic E-state index is 0.0745. The lowest BCUT2D eigenvalue weighted by Crippen LogP contribution is -2.29. The van der Waals surface area contributed by atoms with E-state index in [-0.39, 0.29) is 24.0 Å². The summed E-state index contributed by atoms with van der Waals surface area (Å²) in [6, 6.07) is 14.3. The fraction of sp³-hybridized carbons (Fsp3) is 0.318. The van der Waals surface area contributed by atoms with Crippen molar-refractivity contribution in [1.29, 1.82) is 0 Å². The predicted octanol–water partition coefficient (Wildman–Crippen LogP) is 3.45. The van der Waals surface area contributed by atoms with Gasteiger partial charge >= 0.3 is 5.69 Å². The summed E-state index contributed by atoms with van der Waals surface area (Å²) in [7, 11) is 0. The van der Waals surface area contributed by atoms with Crippen LogP contribution in [0, 0.1) is 5.41 Å². The molecule has 0 fully saturated rings. The van der Waals surface area contributed by atoms with Crippen molar-refractivity contribution in [2.45, 2.75) is 40.8 Å². The van der Waals surface area contributed by atoms with Gasteiger partial charge in [0.1, 0.15) is 6.54 Å². The molecule has 0 saturated carbocycles. The quantitative estimate of drug-likeness (QED) is 0.695. The molecule has 1 heterocycles. The summed E-state index contributed by atoms with van der Waals surface area (Å²) in [6.45, 7) is 7.89. The second-order valence-corrected chi connectivity index (χ2v) is 7.93. The predicted molar refractivity (Wildman–Crippen MR) is 115 cm³/mol. The number of aromatic nitrogens is 2. The van der Waals surface area contributed by atoms with Crippen LogP contribution >= 0.6 is 0 Å². The van der Waals surface area contributed by atoms with Gasteiger partial charge in [-0.25, -0.2) is 4.79 Å². The maximum absolute atomic E-state index is 12.6. The van der Waals surface area contributed by atoms with Crippen molar-refractivity contribution >= 4 is 34.2 Å². The Bertz CT molecular complexity index is 1100. The van der Waals surface area contributed by atoms with E-state index in [1.54, 1.807) is 28.8 Å². The standard InChI is InChI=1S/C22H26N4O3/c1-5-25-17-8-6-7-9-18(17)26(21(25)29)14-19(27)23-15-10-12-16(13-11-15)24-20(28)22(2,3)4/h6-13H,5,14H2,1-4H3,(H,23,27)(H,24,28). The first-order valence-corrected chi connectivity index (χ1v) is 9.60. The van der Waals surface area contributed by atoms with Crippen molar-refractivity contribution in [2.24, 2.45) is 5.41 Å². The van der Waals surface area contributed by atoms with Crippen LogP contribution < -0.4 is 16.3 Å². The number of hydrogen-bond acceptors (Lipinski definition) is 3. The summed E-state index contributed by atoms with van der Waals surface area (Å²) < 4.78 is 3.13. The average Bonchev–Trinajstić information content (AvgIpc) is 2.93. The van der Waals surface area contributed by atoms with Gasteiger partial charge in [0.25, 0.3) is 0 Å². The Morgan fingerprint density at radius 3 is 1.90 bits per heavy atom. The van der Waals surface area contributed by atoms with Gasteiger partial charge in [0.05, 0.1) is 11.0 Å². The van der Waals surface area contributed by atoms with Crippen LogP contribution in [0.3, 0.4) is 0 Å². The van der Waals surface area contributed by atoms with Crippen molar-refractivity contribution in [2.75, 3.05) is 10.6 Å². The molecular weight excluding hydrogens is 368 g/mol. The van der Waals surface area contributed by atoms with Gasteiger partial charge in [0, 0.05) is 23.3 Å². The number of amides is 2. The minimum atomic E-state index is -0.488. The maximum atomic E-state index is 12.6. The molecule has 2 amide bonds. The van der Waals surface area contributed by atoms with Gasteiger partial charge in [-0.15, -0.1) is 0 Å². The van der Waals surface area contributed by atoms with Gasteiger partial charge in [-0.3, -0.25) is 18.7 Å². The summed E-state index contributed by atoms with van der Waals surface area (Å²) in [4.78, 5) is 37.2. The molecule has 0 spiro atoms. The number of fused-ring (bicyclic) bond motifs is 1. The van der Waals surface area contributed by atoms with Gasteiger partial charge < -0.3 is 10.6 Å². The fourth-order valence-electron chi connectivity index (χ4n) is 3.03. The third kappa shape index (κ3) is 4.39. The van der Waals surface area contributed by atoms with Crippen LogP contribution in [-0.2, 0) is 22.7 Å². The first-order valence-electron chi connectivity index (χ1n) is 9.60. The zero-order valence-electron chi connectivity index (χ0n) is 17.2. The molecule has 0 atom stereocenters. The second kappa shape index (κ2) is 7.95. The van der Waals surface area contributed by atoms with Crippen LogP contribution in [0.4, 0.5) is 11.4 Å². The molecule has 7 heteroatoms. The van der Waals surface area contributed by atoms with Crippen molar-refractivity contribution in [3.63, 3.8) is 0 Å². The second-order valence-electron chi connectivity index (χ2n) is 7.93. The number of rotatable bonds is 5. The topological polar surface area (TPSA) is 85.1 Å². The summed E-state index contributed by atoms with van der Waals surface area (Å²) in [5.74, 6) is -0.376. The lowest BCUT2D eigenvalue weighted by Gasteiger charge is -2.17. The zero-order valence-corrected chi connectivity index (χ0v) is 17.2. The highest BCUT2D eigenvalue weighted by Gasteiger charge is 2.21. The highest BCUT2D eigenvalue weighted by Crippen LogP contribution is 2.19. The molecule has 2 aromatic carbocycles. The lowest BCUT2D eigenvalue weighted by molar-refractivity contribution is -0.123. The highest BCUT2D eigenvalue weighted by molar-refractivity contribution is 5.95. The number of carbonyl (C=O) groups is 2. The Hall–Kier alpha value is -3.35. The zero-order chi connectivity index (χ0) is 21.2. The summed E-state index contributed by atoms with van der Waals surface area (Å²) in [5, 5.41) is 5.64.